The van der Waals surface area contributed by atoms with Crippen molar-refractivity contribution >= 4 is 16.9 Å². The lowest BCUT2D eigenvalue weighted by atomic mass is 9.98. The number of carbonyl (C=O) groups excluding carboxylic acids is 1. The molecule has 3 rings (SSSR count). The number of imidazole rings is 1. The number of nitrogens with zero attached hydrogens (tertiary/aromatic N) is 2. The van der Waals surface area contributed by atoms with Gasteiger partial charge in [0.15, 0.2) is 0 Å². The molecule has 94 valence electrons. The van der Waals surface area contributed by atoms with Crippen molar-refractivity contribution in [1.29, 1.82) is 0 Å². The number of nitrogens with two attached hydrogens (primary N) is 2. The van der Waals surface area contributed by atoms with Crippen LogP contribution < -0.4 is 11.5 Å². The van der Waals surface area contributed by atoms with Crippen LogP contribution in [0.1, 0.15) is 25.3 Å². The normalized spacial score (nSPS) is 27.7. The first-order chi connectivity index (χ1) is 8.60. The van der Waals surface area contributed by atoms with Gasteiger partial charge < -0.3 is 16.0 Å². The van der Waals surface area contributed by atoms with Crippen LogP contribution in [0.5, 0.6) is 0 Å². The number of rotatable bonds is 2. The molecule has 2 atom stereocenters. The van der Waals surface area contributed by atoms with Crippen molar-refractivity contribution in [3.8, 4) is 0 Å². The molecule has 1 aromatic heterocycles. The highest BCUT2D eigenvalue weighted by atomic mass is 16.1. The first kappa shape index (κ1) is 11.2. The van der Waals surface area contributed by atoms with Gasteiger partial charge in [0.25, 0.3) is 0 Å². The van der Waals surface area contributed by atoms with Crippen molar-refractivity contribution in [2.45, 2.75) is 30.8 Å². The van der Waals surface area contributed by atoms with Crippen molar-refractivity contribution in [2.24, 2.45) is 11.5 Å². The number of amides is 1. The SMILES string of the molecule is NC(=O)C1(N)CCC(n2cnc3ccccc32)C1. The number of benzene rings is 1. The van der Waals surface area contributed by atoms with Crippen molar-refractivity contribution < 1.29 is 4.79 Å². The Morgan fingerprint density at radius 3 is 2.94 bits per heavy atom. The van der Waals surface area contributed by atoms with Crippen molar-refractivity contribution in [3.63, 3.8) is 0 Å². The number of aromatic nitrogens is 2. The van der Waals surface area contributed by atoms with Gasteiger partial charge >= 0.3 is 0 Å². The number of para-hydroxylation sites is 2. The maximum Gasteiger partial charge on any atom is 0.237 e. The predicted octanol–water partition coefficient (Wildman–Crippen LogP) is 0.944. The number of hydrogen-bond donors (Lipinski definition) is 2. The van der Waals surface area contributed by atoms with E-state index in [9.17, 15) is 4.79 Å². The van der Waals surface area contributed by atoms with Gasteiger partial charge in [-0.05, 0) is 31.4 Å². The number of primary amides is 1. The lowest BCUT2D eigenvalue weighted by molar-refractivity contribution is -0.123. The van der Waals surface area contributed by atoms with E-state index in [0.29, 0.717) is 12.8 Å². The summed E-state index contributed by atoms with van der Waals surface area (Å²) in [6.07, 6.45) is 3.91. The van der Waals surface area contributed by atoms with E-state index in [1.807, 2.05) is 30.6 Å². The second kappa shape index (κ2) is 3.81. The third kappa shape index (κ3) is 1.59. The van der Waals surface area contributed by atoms with Crippen LogP contribution in [0.2, 0.25) is 0 Å². The van der Waals surface area contributed by atoms with Crippen LogP contribution in [-0.2, 0) is 4.79 Å². The zero-order valence-corrected chi connectivity index (χ0v) is 10.0. The van der Waals surface area contributed by atoms with E-state index in [4.69, 9.17) is 11.5 Å². The smallest absolute Gasteiger partial charge is 0.237 e. The van der Waals surface area contributed by atoms with Gasteiger partial charge in [-0.15, -0.1) is 0 Å². The topological polar surface area (TPSA) is 86.9 Å². The van der Waals surface area contributed by atoms with Crippen LogP contribution in [0, 0.1) is 0 Å². The maximum absolute atomic E-state index is 11.4. The third-order valence-corrected chi connectivity index (χ3v) is 3.89. The van der Waals surface area contributed by atoms with Gasteiger partial charge in [-0.2, -0.15) is 0 Å². The standard InChI is InChI=1S/C13H16N4O/c14-12(18)13(15)6-5-9(7-13)17-8-16-10-3-1-2-4-11(10)17/h1-4,8-9H,5-7,15H2,(H2,14,18). The minimum Gasteiger partial charge on any atom is -0.368 e. The summed E-state index contributed by atoms with van der Waals surface area (Å²) in [7, 11) is 0. The van der Waals surface area contributed by atoms with Gasteiger partial charge in [0, 0.05) is 6.04 Å². The van der Waals surface area contributed by atoms with Gasteiger partial charge in [-0.3, -0.25) is 4.79 Å². The second-order valence-electron chi connectivity index (χ2n) is 5.06. The van der Waals surface area contributed by atoms with E-state index >= 15 is 0 Å². The zero-order chi connectivity index (χ0) is 12.8. The Balaban J connectivity index is 1.95. The monoisotopic (exact) mass is 244 g/mol. The lowest BCUT2D eigenvalue weighted by Gasteiger charge is -2.20. The average Bonchev–Trinajstić information content (AvgIpc) is 2.93. The molecule has 0 spiro atoms. The summed E-state index contributed by atoms with van der Waals surface area (Å²) in [6.45, 7) is 0. The molecule has 0 radical (unpaired) electrons. The minimum absolute atomic E-state index is 0.204. The molecule has 0 aliphatic heterocycles. The summed E-state index contributed by atoms with van der Waals surface area (Å²) in [5, 5.41) is 0. The molecule has 4 N–H and O–H groups in total. The largest absolute Gasteiger partial charge is 0.368 e. The highest BCUT2D eigenvalue weighted by Gasteiger charge is 2.41. The molecule has 1 amide bonds. The Bertz CT molecular complexity index is 606. The molecule has 1 saturated carbocycles. The molecule has 2 aromatic rings. The maximum atomic E-state index is 11.4. The molecule has 0 bridgehead atoms. The van der Waals surface area contributed by atoms with Crippen molar-refractivity contribution in [2.75, 3.05) is 0 Å². The second-order valence-corrected chi connectivity index (χ2v) is 5.06. The minimum atomic E-state index is -0.865. The molecular formula is C13H16N4O. The lowest BCUT2D eigenvalue weighted by Crippen LogP contribution is -2.49. The van der Waals surface area contributed by atoms with E-state index in [1.165, 1.54) is 0 Å². The van der Waals surface area contributed by atoms with Crippen molar-refractivity contribution in [1.82, 2.24) is 9.55 Å². The van der Waals surface area contributed by atoms with E-state index in [2.05, 4.69) is 9.55 Å². The Labute approximate surface area is 105 Å². The molecule has 5 nitrogen and oxygen atoms in total. The zero-order valence-electron chi connectivity index (χ0n) is 10.0. The van der Waals surface area contributed by atoms with Crippen LogP contribution in [0.25, 0.3) is 11.0 Å². The fraction of sp³-hybridized carbons (Fsp3) is 0.385. The van der Waals surface area contributed by atoms with Crippen molar-refractivity contribution in [3.05, 3.63) is 30.6 Å². The van der Waals surface area contributed by atoms with Gasteiger partial charge in [-0.25, -0.2) is 4.98 Å². The highest BCUT2D eigenvalue weighted by Crippen LogP contribution is 2.37. The Morgan fingerprint density at radius 2 is 2.22 bits per heavy atom. The summed E-state index contributed by atoms with van der Waals surface area (Å²) in [5.41, 5.74) is 12.6. The molecule has 1 fully saturated rings. The fourth-order valence-electron chi connectivity index (χ4n) is 2.78. The van der Waals surface area contributed by atoms with Crippen LogP contribution in [0.4, 0.5) is 0 Å². The number of carbonyl (C=O) groups is 1. The highest BCUT2D eigenvalue weighted by molar-refractivity contribution is 5.85. The van der Waals surface area contributed by atoms with Crippen LogP contribution >= 0.6 is 0 Å². The predicted molar refractivity (Wildman–Crippen MR) is 68.7 cm³/mol. The van der Waals surface area contributed by atoms with Crippen LogP contribution in [0.15, 0.2) is 30.6 Å². The molecule has 2 unspecified atom stereocenters. The number of hydrogen-bond acceptors (Lipinski definition) is 3. The molecule has 1 heterocycles. The van der Waals surface area contributed by atoms with E-state index < -0.39 is 11.4 Å². The van der Waals surface area contributed by atoms with E-state index in [1.54, 1.807) is 0 Å². The van der Waals surface area contributed by atoms with E-state index in [0.717, 1.165) is 17.5 Å². The summed E-state index contributed by atoms with van der Waals surface area (Å²) in [4.78, 5) is 15.7. The molecule has 1 aromatic carbocycles. The quantitative estimate of drug-likeness (QED) is 0.824. The molecule has 18 heavy (non-hydrogen) atoms. The third-order valence-electron chi connectivity index (χ3n) is 3.89. The van der Waals surface area contributed by atoms with Crippen LogP contribution in [-0.4, -0.2) is 21.0 Å². The van der Waals surface area contributed by atoms with Gasteiger partial charge in [0.05, 0.1) is 22.9 Å². The molecule has 1 aliphatic rings. The Hall–Kier alpha value is -1.88. The first-order valence-corrected chi connectivity index (χ1v) is 6.10. The Kier molecular flexibility index (Phi) is 2.38. The fourth-order valence-corrected chi connectivity index (χ4v) is 2.78. The summed E-state index contributed by atoms with van der Waals surface area (Å²) in [6, 6.07) is 8.16. The average molecular weight is 244 g/mol. The molecule has 1 aliphatic carbocycles. The van der Waals surface area contributed by atoms with Gasteiger partial charge in [0.1, 0.15) is 0 Å². The summed E-state index contributed by atoms with van der Waals surface area (Å²) >= 11 is 0. The summed E-state index contributed by atoms with van der Waals surface area (Å²) < 4.78 is 2.10. The molecular weight excluding hydrogens is 228 g/mol. The summed E-state index contributed by atoms with van der Waals surface area (Å²) in [5.74, 6) is -0.408. The molecule has 5 heteroatoms. The van der Waals surface area contributed by atoms with Gasteiger partial charge in [0.2, 0.25) is 5.91 Å². The van der Waals surface area contributed by atoms with E-state index in [-0.39, 0.29) is 6.04 Å². The molecule has 0 saturated heterocycles. The van der Waals surface area contributed by atoms with Crippen LogP contribution in [0.3, 0.4) is 0 Å². The van der Waals surface area contributed by atoms with Gasteiger partial charge in [-0.1, -0.05) is 12.1 Å². The Morgan fingerprint density at radius 1 is 1.44 bits per heavy atom. The first-order valence-electron chi connectivity index (χ1n) is 6.10. The number of fused-ring (bicyclic) bond motifs is 1.